The molecule has 0 fully saturated rings. The Bertz CT molecular complexity index is 1050. The van der Waals surface area contributed by atoms with Gasteiger partial charge in [0, 0.05) is 12.4 Å². The Morgan fingerprint density at radius 1 is 1.20 bits per heavy atom. The molecule has 0 bridgehead atoms. The van der Waals surface area contributed by atoms with Gasteiger partial charge in [-0.15, -0.1) is 0 Å². The van der Waals surface area contributed by atoms with Crippen LogP contribution < -0.4 is 0 Å². The Hall–Kier alpha value is -3.43. The van der Waals surface area contributed by atoms with Gasteiger partial charge in [-0.05, 0) is 24.3 Å². The third-order valence-electron chi connectivity index (χ3n) is 3.48. The molecule has 10 heteroatoms. The zero-order chi connectivity index (χ0) is 17.6. The molecule has 4 heterocycles. The first-order chi connectivity index (χ1) is 11.9. The second-order valence-electron chi connectivity index (χ2n) is 5.05. The third-order valence-corrected chi connectivity index (χ3v) is 3.48. The standard InChI is InChI=1S/C15H8F3N5O2/c16-15(17,18)12-7-10(11-3-1-6-25-11)21-13-9(8-20-23(12)13)14(24)22-5-2-4-19-22/h1-8H. The van der Waals surface area contributed by atoms with Gasteiger partial charge in [0.15, 0.2) is 17.1 Å². The van der Waals surface area contributed by atoms with Crippen molar-refractivity contribution in [1.29, 1.82) is 0 Å². The lowest BCUT2D eigenvalue weighted by atomic mass is 10.2. The first-order valence-corrected chi connectivity index (χ1v) is 6.99. The molecule has 4 aromatic rings. The molecule has 0 saturated carbocycles. The van der Waals surface area contributed by atoms with E-state index in [1.165, 1.54) is 36.9 Å². The van der Waals surface area contributed by atoms with Crippen molar-refractivity contribution in [3.05, 3.63) is 60.4 Å². The van der Waals surface area contributed by atoms with Gasteiger partial charge in [0.1, 0.15) is 11.3 Å². The Labute approximate surface area is 137 Å². The second kappa shape index (κ2) is 5.30. The van der Waals surface area contributed by atoms with Crippen molar-refractivity contribution in [2.45, 2.75) is 6.18 Å². The maximum absolute atomic E-state index is 13.4. The first kappa shape index (κ1) is 15.1. The van der Waals surface area contributed by atoms with Crippen LogP contribution in [0.25, 0.3) is 17.1 Å². The van der Waals surface area contributed by atoms with Crippen molar-refractivity contribution in [2.24, 2.45) is 0 Å². The van der Waals surface area contributed by atoms with Gasteiger partial charge >= 0.3 is 6.18 Å². The molecule has 4 rings (SSSR count). The van der Waals surface area contributed by atoms with E-state index >= 15 is 0 Å². The number of aromatic nitrogens is 5. The predicted molar refractivity (Wildman–Crippen MR) is 77.6 cm³/mol. The van der Waals surface area contributed by atoms with Crippen molar-refractivity contribution in [1.82, 2.24) is 24.4 Å². The largest absolute Gasteiger partial charge is 0.463 e. The topological polar surface area (TPSA) is 78.2 Å². The van der Waals surface area contributed by atoms with Crippen LogP contribution in [-0.4, -0.2) is 30.3 Å². The molecule has 0 unspecified atom stereocenters. The smallest absolute Gasteiger partial charge is 0.433 e. The number of rotatable bonds is 2. The molecule has 0 aliphatic carbocycles. The number of hydrogen-bond acceptors (Lipinski definition) is 5. The summed E-state index contributed by atoms with van der Waals surface area (Å²) in [7, 11) is 0. The fourth-order valence-corrected chi connectivity index (χ4v) is 2.38. The highest BCUT2D eigenvalue weighted by Gasteiger charge is 2.36. The monoisotopic (exact) mass is 347 g/mol. The van der Waals surface area contributed by atoms with Crippen LogP contribution in [0.15, 0.2) is 53.5 Å². The highest BCUT2D eigenvalue weighted by atomic mass is 19.4. The van der Waals surface area contributed by atoms with Crippen LogP contribution in [0.5, 0.6) is 0 Å². The van der Waals surface area contributed by atoms with Crippen molar-refractivity contribution >= 4 is 11.6 Å². The van der Waals surface area contributed by atoms with Gasteiger partial charge in [-0.25, -0.2) is 14.2 Å². The third kappa shape index (κ3) is 2.47. The number of alkyl halides is 3. The summed E-state index contributed by atoms with van der Waals surface area (Å²) in [5.41, 5.74) is -1.47. The van der Waals surface area contributed by atoms with Crippen molar-refractivity contribution < 1.29 is 22.4 Å². The van der Waals surface area contributed by atoms with E-state index in [2.05, 4.69) is 15.2 Å². The molecule has 25 heavy (non-hydrogen) atoms. The number of carbonyl (C=O) groups is 1. The van der Waals surface area contributed by atoms with Crippen LogP contribution in [0.2, 0.25) is 0 Å². The van der Waals surface area contributed by atoms with E-state index in [-0.39, 0.29) is 22.7 Å². The molecule has 0 spiro atoms. The molecule has 0 saturated heterocycles. The molecule has 126 valence electrons. The summed E-state index contributed by atoms with van der Waals surface area (Å²) in [5, 5.41) is 7.46. The van der Waals surface area contributed by atoms with Crippen LogP contribution in [-0.2, 0) is 6.18 Å². The fraction of sp³-hybridized carbons (Fsp3) is 0.0667. The number of hydrogen-bond donors (Lipinski definition) is 0. The van der Waals surface area contributed by atoms with E-state index in [0.29, 0.717) is 4.52 Å². The summed E-state index contributed by atoms with van der Waals surface area (Å²) in [6.45, 7) is 0. The lowest BCUT2D eigenvalue weighted by molar-refractivity contribution is -0.142. The molecule has 0 radical (unpaired) electrons. The summed E-state index contributed by atoms with van der Waals surface area (Å²) >= 11 is 0. The number of nitrogens with zero attached hydrogens (tertiary/aromatic N) is 5. The molecule has 4 aromatic heterocycles. The number of fused-ring (bicyclic) bond motifs is 1. The van der Waals surface area contributed by atoms with Gasteiger partial charge < -0.3 is 4.42 Å². The van der Waals surface area contributed by atoms with Gasteiger partial charge in [-0.2, -0.15) is 23.4 Å². The minimum atomic E-state index is -4.69. The minimum absolute atomic E-state index is 0.0557. The van der Waals surface area contributed by atoms with Crippen LogP contribution in [0.1, 0.15) is 16.1 Å². The van der Waals surface area contributed by atoms with Crippen LogP contribution >= 0.6 is 0 Å². The lowest BCUT2D eigenvalue weighted by Gasteiger charge is -2.10. The van der Waals surface area contributed by atoms with Gasteiger partial charge in [0.2, 0.25) is 0 Å². The maximum atomic E-state index is 13.4. The van der Waals surface area contributed by atoms with E-state index in [0.717, 1.165) is 16.9 Å². The molecule has 7 nitrogen and oxygen atoms in total. The number of carbonyl (C=O) groups excluding carboxylic acids is 1. The van der Waals surface area contributed by atoms with Gasteiger partial charge in [0.25, 0.3) is 5.91 Å². The van der Waals surface area contributed by atoms with E-state index < -0.39 is 17.8 Å². The summed E-state index contributed by atoms with van der Waals surface area (Å²) in [6.07, 6.45) is 0.425. The van der Waals surface area contributed by atoms with Crippen LogP contribution in [0.3, 0.4) is 0 Å². The summed E-state index contributed by atoms with van der Waals surface area (Å²) in [5.74, 6) is -0.496. The highest BCUT2D eigenvalue weighted by molar-refractivity contribution is 6.00. The zero-order valence-corrected chi connectivity index (χ0v) is 12.3. The Kier molecular flexibility index (Phi) is 3.20. The van der Waals surface area contributed by atoms with Crippen LogP contribution in [0.4, 0.5) is 13.2 Å². The molecule has 0 aliphatic heterocycles. The molecular formula is C15H8F3N5O2. The minimum Gasteiger partial charge on any atom is -0.463 e. The molecular weight excluding hydrogens is 339 g/mol. The number of furan rings is 1. The first-order valence-electron chi connectivity index (χ1n) is 6.99. The average molecular weight is 347 g/mol. The normalized spacial score (nSPS) is 12.0. The maximum Gasteiger partial charge on any atom is 0.433 e. The highest BCUT2D eigenvalue weighted by Crippen LogP contribution is 2.32. The zero-order valence-electron chi connectivity index (χ0n) is 12.3. The van der Waals surface area contributed by atoms with Crippen molar-refractivity contribution in [3.8, 4) is 11.5 Å². The molecule has 0 atom stereocenters. The molecule has 0 N–H and O–H groups in total. The Balaban J connectivity index is 1.98. The lowest BCUT2D eigenvalue weighted by Crippen LogP contribution is -2.16. The van der Waals surface area contributed by atoms with Crippen molar-refractivity contribution in [2.75, 3.05) is 0 Å². The molecule has 0 aliphatic rings. The quantitative estimate of drug-likeness (QED) is 0.557. The van der Waals surface area contributed by atoms with E-state index in [1.807, 2.05) is 0 Å². The Morgan fingerprint density at radius 3 is 2.68 bits per heavy atom. The van der Waals surface area contributed by atoms with Crippen LogP contribution in [0, 0.1) is 0 Å². The fourth-order valence-electron chi connectivity index (χ4n) is 2.38. The molecule has 0 aromatic carbocycles. The van der Waals surface area contributed by atoms with E-state index in [9.17, 15) is 18.0 Å². The summed E-state index contributed by atoms with van der Waals surface area (Å²) in [6, 6.07) is 5.35. The SMILES string of the molecule is O=C(c1cnn2c(C(F)(F)F)cc(-c3ccco3)nc12)n1cccn1. The van der Waals surface area contributed by atoms with Gasteiger partial charge in [-0.1, -0.05) is 0 Å². The predicted octanol–water partition coefficient (Wildman–Crippen LogP) is 2.89. The average Bonchev–Trinajstić information content (AvgIpc) is 3.32. The van der Waals surface area contributed by atoms with E-state index in [4.69, 9.17) is 4.42 Å². The van der Waals surface area contributed by atoms with Gasteiger partial charge in [0.05, 0.1) is 12.5 Å². The van der Waals surface area contributed by atoms with Crippen molar-refractivity contribution in [3.63, 3.8) is 0 Å². The molecule has 0 amide bonds. The summed E-state index contributed by atoms with van der Waals surface area (Å²) < 4.78 is 46.9. The second-order valence-corrected chi connectivity index (χ2v) is 5.05. The Morgan fingerprint density at radius 2 is 2.04 bits per heavy atom. The number of halogens is 3. The summed E-state index contributed by atoms with van der Waals surface area (Å²) in [4.78, 5) is 16.6. The van der Waals surface area contributed by atoms with E-state index in [1.54, 1.807) is 0 Å². The van der Waals surface area contributed by atoms with Gasteiger partial charge in [-0.3, -0.25) is 4.79 Å².